The highest BCUT2D eigenvalue weighted by molar-refractivity contribution is 5.87. The Labute approximate surface area is 165 Å². The predicted octanol–water partition coefficient (Wildman–Crippen LogP) is 3.68. The maximum absolute atomic E-state index is 12.6. The lowest BCUT2D eigenvalue weighted by atomic mass is 10.0. The Hall–Kier alpha value is -2.86. The van der Waals surface area contributed by atoms with Gasteiger partial charge in [0.1, 0.15) is 18.5 Å². The Kier molecular flexibility index (Phi) is 8.02. The molecule has 28 heavy (non-hydrogen) atoms. The van der Waals surface area contributed by atoms with Crippen LogP contribution in [0.3, 0.4) is 0 Å². The van der Waals surface area contributed by atoms with Crippen LogP contribution in [-0.4, -0.2) is 36.3 Å². The van der Waals surface area contributed by atoms with Crippen LogP contribution in [0.2, 0.25) is 0 Å². The highest BCUT2D eigenvalue weighted by atomic mass is 16.5. The molecule has 150 valence electrons. The van der Waals surface area contributed by atoms with Crippen molar-refractivity contribution in [2.45, 2.75) is 32.9 Å². The highest BCUT2D eigenvalue weighted by Gasteiger charge is 2.24. The zero-order valence-electron chi connectivity index (χ0n) is 16.4. The van der Waals surface area contributed by atoms with Crippen molar-refractivity contribution < 1.29 is 24.2 Å². The molecule has 0 aliphatic carbocycles. The number of carboxylic acid groups (broad SMARTS) is 1. The normalized spacial score (nSPS) is 13.0. The minimum absolute atomic E-state index is 0.00156. The number of carbonyl (C=O) groups is 2. The molecule has 6 heteroatoms. The SMILES string of the molecule is CC(C)[C@@H](OCCOc1ccccc1)C(=O)N[C@@H](C)c1ccc(C(=O)O)cc1. The largest absolute Gasteiger partial charge is 0.491 e. The topological polar surface area (TPSA) is 84.9 Å². The second-order valence-electron chi connectivity index (χ2n) is 6.85. The van der Waals surface area contributed by atoms with Crippen LogP contribution in [0.1, 0.15) is 42.7 Å². The number of ether oxygens (including phenoxy) is 2. The average molecular weight is 385 g/mol. The van der Waals surface area contributed by atoms with Crippen molar-refractivity contribution in [1.29, 1.82) is 0 Å². The van der Waals surface area contributed by atoms with Gasteiger partial charge in [-0.3, -0.25) is 4.79 Å². The van der Waals surface area contributed by atoms with E-state index in [-0.39, 0.29) is 23.4 Å². The van der Waals surface area contributed by atoms with Gasteiger partial charge in [0.15, 0.2) is 0 Å². The van der Waals surface area contributed by atoms with Crippen LogP contribution in [0.5, 0.6) is 5.75 Å². The van der Waals surface area contributed by atoms with Gasteiger partial charge in [-0.2, -0.15) is 0 Å². The summed E-state index contributed by atoms with van der Waals surface area (Å²) in [6, 6.07) is 15.6. The van der Waals surface area contributed by atoms with Crippen molar-refractivity contribution in [3.63, 3.8) is 0 Å². The predicted molar refractivity (Wildman–Crippen MR) is 106 cm³/mol. The van der Waals surface area contributed by atoms with Crippen LogP contribution in [0.25, 0.3) is 0 Å². The van der Waals surface area contributed by atoms with E-state index in [2.05, 4.69) is 5.32 Å². The Morgan fingerprint density at radius 2 is 1.61 bits per heavy atom. The molecule has 0 unspecified atom stereocenters. The first kappa shape index (κ1) is 21.4. The summed E-state index contributed by atoms with van der Waals surface area (Å²) in [5.74, 6) is -0.424. The minimum atomic E-state index is -0.978. The second-order valence-corrected chi connectivity index (χ2v) is 6.85. The molecule has 0 aliphatic heterocycles. The lowest BCUT2D eigenvalue weighted by Crippen LogP contribution is -2.41. The molecule has 0 aliphatic rings. The summed E-state index contributed by atoms with van der Waals surface area (Å²) in [4.78, 5) is 23.6. The van der Waals surface area contributed by atoms with Gasteiger partial charge in [0.05, 0.1) is 18.2 Å². The summed E-state index contributed by atoms with van der Waals surface area (Å²) >= 11 is 0. The Bertz CT molecular complexity index is 758. The van der Waals surface area contributed by atoms with E-state index in [4.69, 9.17) is 14.6 Å². The molecular weight excluding hydrogens is 358 g/mol. The van der Waals surface area contributed by atoms with Gasteiger partial charge in [-0.05, 0) is 42.7 Å². The van der Waals surface area contributed by atoms with Crippen molar-refractivity contribution in [2.75, 3.05) is 13.2 Å². The molecule has 2 N–H and O–H groups in total. The van der Waals surface area contributed by atoms with Crippen LogP contribution in [0.15, 0.2) is 54.6 Å². The number of hydrogen-bond donors (Lipinski definition) is 2. The van der Waals surface area contributed by atoms with Gasteiger partial charge in [-0.25, -0.2) is 4.79 Å². The number of benzene rings is 2. The lowest BCUT2D eigenvalue weighted by molar-refractivity contribution is -0.136. The number of nitrogens with one attached hydrogen (secondary N) is 1. The molecule has 0 bridgehead atoms. The lowest BCUT2D eigenvalue weighted by Gasteiger charge is -2.23. The standard InChI is InChI=1S/C22H27NO5/c1-15(2)20(28-14-13-27-19-7-5-4-6-8-19)21(24)23-16(3)17-9-11-18(12-10-17)22(25)26/h4-12,15-16,20H,13-14H2,1-3H3,(H,23,24)(H,25,26)/t16-,20+/m0/s1. The molecule has 0 heterocycles. The van der Waals surface area contributed by atoms with Crippen molar-refractivity contribution in [2.24, 2.45) is 5.92 Å². The van der Waals surface area contributed by atoms with E-state index in [1.165, 1.54) is 12.1 Å². The second kappa shape index (κ2) is 10.5. The summed E-state index contributed by atoms with van der Waals surface area (Å²) < 4.78 is 11.4. The Morgan fingerprint density at radius 1 is 0.964 bits per heavy atom. The summed E-state index contributed by atoms with van der Waals surface area (Å²) in [5.41, 5.74) is 1.04. The number of amides is 1. The molecule has 6 nitrogen and oxygen atoms in total. The van der Waals surface area contributed by atoms with Crippen molar-refractivity contribution >= 4 is 11.9 Å². The third kappa shape index (κ3) is 6.39. The summed E-state index contributed by atoms with van der Waals surface area (Å²) in [6.07, 6.45) is -0.597. The molecule has 2 aromatic rings. The van der Waals surface area contributed by atoms with E-state index in [1.807, 2.05) is 51.1 Å². The summed E-state index contributed by atoms with van der Waals surface area (Å²) in [6.45, 7) is 6.35. The number of hydrogen-bond acceptors (Lipinski definition) is 4. The van der Waals surface area contributed by atoms with Crippen molar-refractivity contribution in [1.82, 2.24) is 5.32 Å². The van der Waals surface area contributed by atoms with Gasteiger partial charge < -0.3 is 19.9 Å². The highest BCUT2D eigenvalue weighted by Crippen LogP contribution is 2.16. The van der Waals surface area contributed by atoms with Crippen molar-refractivity contribution in [3.8, 4) is 5.75 Å². The molecule has 0 spiro atoms. The van der Waals surface area contributed by atoms with Crippen LogP contribution in [0, 0.1) is 5.92 Å². The van der Waals surface area contributed by atoms with E-state index in [0.29, 0.717) is 13.2 Å². The first-order chi connectivity index (χ1) is 13.4. The number of aromatic carboxylic acids is 1. The first-order valence-corrected chi connectivity index (χ1v) is 9.31. The minimum Gasteiger partial charge on any atom is -0.491 e. The van der Waals surface area contributed by atoms with E-state index in [9.17, 15) is 9.59 Å². The quantitative estimate of drug-likeness (QED) is 0.610. The number of carboxylic acids is 1. The zero-order valence-corrected chi connectivity index (χ0v) is 16.4. The number of rotatable bonds is 10. The van der Waals surface area contributed by atoms with Crippen molar-refractivity contribution in [3.05, 3.63) is 65.7 Å². The van der Waals surface area contributed by atoms with Gasteiger partial charge in [0.2, 0.25) is 5.91 Å². The van der Waals surface area contributed by atoms with Gasteiger partial charge in [-0.1, -0.05) is 44.2 Å². The monoisotopic (exact) mass is 385 g/mol. The summed E-state index contributed by atoms with van der Waals surface area (Å²) in [5, 5.41) is 11.9. The van der Waals surface area contributed by atoms with Crippen LogP contribution >= 0.6 is 0 Å². The van der Waals surface area contributed by atoms with E-state index < -0.39 is 12.1 Å². The Balaban J connectivity index is 1.86. The van der Waals surface area contributed by atoms with Gasteiger partial charge in [0.25, 0.3) is 0 Å². The molecule has 1 amide bonds. The molecule has 0 aromatic heterocycles. The molecule has 2 atom stereocenters. The molecule has 2 rings (SSSR count). The Morgan fingerprint density at radius 3 is 2.18 bits per heavy atom. The van der Waals surface area contributed by atoms with E-state index in [1.54, 1.807) is 12.1 Å². The van der Waals surface area contributed by atoms with E-state index in [0.717, 1.165) is 11.3 Å². The smallest absolute Gasteiger partial charge is 0.335 e. The first-order valence-electron chi connectivity index (χ1n) is 9.31. The van der Waals surface area contributed by atoms with Crippen LogP contribution in [0.4, 0.5) is 0 Å². The van der Waals surface area contributed by atoms with Gasteiger partial charge in [0, 0.05) is 0 Å². The fraction of sp³-hybridized carbons (Fsp3) is 0.364. The number of carbonyl (C=O) groups excluding carboxylic acids is 1. The maximum Gasteiger partial charge on any atom is 0.335 e. The van der Waals surface area contributed by atoms with Gasteiger partial charge >= 0.3 is 5.97 Å². The van der Waals surface area contributed by atoms with Crippen LogP contribution in [-0.2, 0) is 9.53 Å². The number of para-hydroxylation sites is 1. The maximum atomic E-state index is 12.6. The molecular formula is C22H27NO5. The molecule has 0 saturated carbocycles. The third-order valence-corrected chi connectivity index (χ3v) is 4.27. The zero-order chi connectivity index (χ0) is 20.5. The molecule has 0 radical (unpaired) electrons. The molecule has 0 saturated heterocycles. The van der Waals surface area contributed by atoms with E-state index >= 15 is 0 Å². The average Bonchev–Trinajstić information content (AvgIpc) is 2.68. The molecule has 2 aromatic carbocycles. The summed E-state index contributed by atoms with van der Waals surface area (Å²) in [7, 11) is 0. The van der Waals surface area contributed by atoms with Crippen LogP contribution < -0.4 is 10.1 Å². The third-order valence-electron chi connectivity index (χ3n) is 4.27. The fourth-order valence-corrected chi connectivity index (χ4v) is 2.72. The fourth-order valence-electron chi connectivity index (χ4n) is 2.72. The molecule has 0 fully saturated rings. The van der Waals surface area contributed by atoms with Gasteiger partial charge in [-0.15, -0.1) is 0 Å².